The van der Waals surface area contributed by atoms with Gasteiger partial charge in [0.15, 0.2) is 0 Å². The van der Waals surface area contributed by atoms with Crippen LogP contribution in [0.3, 0.4) is 0 Å². The number of amides is 2. The van der Waals surface area contributed by atoms with E-state index in [9.17, 15) is 9.59 Å². The van der Waals surface area contributed by atoms with Crippen LogP contribution in [0.5, 0.6) is 0 Å². The molecule has 2 saturated heterocycles. The third-order valence-electron chi connectivity index (χ3n) is 8.72. The van der Waals surface area contributed by atoms with Crippen LogP contribution in [-0.2, 0) is 4.79 Å². The highest BCUT2D eigenvalue weighted by Crippen LogP contribution is 2.34. The van der Waals surface area contributed by atoms with Crippen molar-refractivity contribution in [2.24, 2.45) is 17.8 Å². The molecule has 2 heterocycles. The second-order valence-corrected chi connectivity index (χ2v) is 11.5. The maximum atomic E-state index is 13.4. The number of hydrogen-bond donors (Lipinski definition) is 1. The average Bonchev–Trinajstić information content (AvgIpc) is 3.58. The van der Waals surface area contributed by atoms with Crippen LogP contribution in [0.15, 0.2) is 42.5 Å². The van der Waals surface area contributed by atoms with Crippen molar-refractivity contribution in [3.63, 3.8) is 0 Å². The van der Waals surface area contributed by atoms with E-state index in [-0.39, 0.29) is 23.8 Å². The van der Waals surface area contributed by atoms with Crippen molar-refractivity contribution in [3.8, 4) is 0 Å². The van der Waals surface area contributed by atoms with Gasteiger partial charge >= 0.3 is 0 Å². The lowest BCUT2D eigenvalue weighted by molar-refractivity contribution is -0.125. The zero-order valence-corrected chi connectivity index (χ0v) is 22.1. The van der Waals surface area contributed by atoms with Crippen LogP contribution in [-0.4, -0.2) is 54.3 Å². The topological polar surface area (TPSA) is 52.7 Å². The van der Waals surface area contributed by atoms with Crippen molar-refractivity contribution < 1.29 is 9.59 Å². The number of likely N-dealkylation sites (tertiary alicyclic amines) is 2. The lowest BCUT2D eigenvalue weighted by atomic mass is 9.99. The number of carbonyl (C=O) groups excluding carboxylic acids is 2. The number of hydrogen-bond acceptors (Lipinski definition) is 3. The molecule has 5 rings (SSSR count). The Kier molecular flexibility index (Phi) is 7.47. The minimum absolute atomic E-state index is 0.0605. The van der Waals surface area contributed by atoms with Crippen LogP contribution in [0.4, 0.5) is 0 Å². The van der Waals surface area contributed by atoms with Gasteiger partial charge < -0.3 is 15.1 Å². The number of aryl methyl sites for hydroxylation is 3. The Balaban J connectivity index is 1.17. The molecule has 5 heteroatoms. The Morgan fingerprint density at radius 2 is 1.53 bits per heavy atom. The lowest BCUT2D eigenvalue weighted by Gasteiger charge is -2.26. The molecule has 5 nitrogen and oxygen atoms in total. The molecule has 2 aromatic rings. The van der Waals surface area contributed by atoms with Crippen LogP contribution in [0.25, 0.3) is 0 Å². The molecule has 3 atom stereocenters. The first-order valence-corrected chi connectivity index (χ1v) is 13.8. The minimum atomic E-state index is 0.0605. The van der Waals surface area contributed by atoms with Gasteiger partial charge in [-0.15, -0.1) is 0 Å². The lowest BCUT2D eigenvalue weighted by Crippen LogP contribution is -2.37. The second kappa shape index (κ2) is 10.8. The standard InChI is InChI=1S/C31H41N3O2/c1-21-15-22(2)29(23(3)16-21)31(36)34-19-26-17-33(18-27(26)20-34)14-13-28(24-9-5-4-6-10-24)32-30(35)25-11-7-8-12-25/h4-6,9-10,15-16,25-28H,7-8,11-14,17-20H2,1-3H3,(H,32,35)/t26-,27?,28?/m0/s1. The smallest absolute Gasteiger partial charge is 0.254 e. The van der Waals surface area contributed by atoms with E-state index < -0.39 is 0 Å². The van der Waals surface area contributed by atoms with E-state index >= 15 is 0 Å². The van der Waals surface area contributed by atoms with E-state index in [1.807, 2.05) is 6.07 Å². The third-order valence-corrected chi connectivity index (χ3v) is 8.72. The highest BCUT2D eigenvalue weighted by Gasteiger charge is 2.42. The van der Waals surface area contributed by atoms with Gasteiger partial charge in [-0.2, -0.15) is 0 Å². The van der Waals surface area contributed by atoms with Crippen LogP contribution in [0.1, 0.15) is 70.8 Å². The van der Waals surface area contributed by atoms with Gasteiger partial charge in [0.2, 0.25) is 5.91 Å². The van der Waals surface area contributed by atoms with Crippen molar-refractivity contribution in [2.75, 3.05) is 32.7 Å². The van der Waals surface area contributed by atoms with Gasteiger partial charge in [-0.1, -0.05) is 60.9 Å². The summed E-state index contributed by atoms with van der Waals surface area (Å²) in [4.78, 5) is 30.9. The van der Waals surface area contributed by atoms with Gasteiger partial charge in [-0.3, -0.25) is 9.59 Å². The molecule has 0 aromatic heterocycles. The van der Waals surface area contributed by atoms with Gasteiger partial charge in [0.05, 0.1) is 6.04 Å². The molecule has 3 fully saturated rings. The number of rotatable bonds is 7. The maximum Gasteiger partial charge on any atom is 0.254 e. The Labute approximate surface area is 216 Å². The Morgan fingerprint density at radius 1 is 0.917 bits per heavy atom. The summed E-state index contributed by atoms with van der Waals surface area (Å²) in [6.45, 7) is 11.0. The third kappa shape index (κ3) is 5.36. The summed E-state index contributed by atoms with van der Waals surface area (Å²) in [5, 5.41) is 3.39. The normalized spacial score (nSPS) is 23.1. The van der Waals surface area contributed by atoms with Crippen molar-refractivity contribution >= 4 is 11.8 Å². The van der Waals surface area contributed by atoms with Crippen molar-refractivity contribution in [3.05, 3.63) is 70.3 Å². The van der Waals surface area contributed by atoms with Crippen molar-refractivity contribution in [2.45, 2.75) is 58.9 Å². The monoisotopic (exact) mass is 487 g/mol. The molecule has 1 N–H and O–H groups in total. The molecule has 0 radical (unpaired) electrons. The molecule has 192 valence electrons. The summed E-state index contributed by atoms with van der Waals surface area (Å²) in [5.41, 5.74) is 5.47. The van der Waals surface area contributed by atoms with E-state index in [0.717, 1.165) is 68.7 Å². The van der Waals surface area contributed by atoms with E-state index in [1.54, 1.807) is 0 Å². The predicted molar refractivity (Wildman–Crippen MR) is 144 cm³/mol. The molecule has 0 bridgehead atoms. The van der Waals surface area contributed by atoms with E-state index in [4.69, 9.17) is 0 Å². The SMILES string of the molecule is Cc1cc(C)c(C(=O)N2CC3CN(CCC(NC(=O)C4CCCC4)c4ccccc4)C[C@H]3C2)c(C)c1. The molecular weight excluding hydrogens is 446 g/mol. The fourth-order valence-corrected chi connectivity index (χ4v) is 6.91. The molecule has 2 aliphatic heterocycles. The predicted octanol–water partition coefficient (Wildman–Crippen LogP) is 5.05. The Bertz CT molecular complexity index is 1060. The van der Waals surface area contributed by atoms with Crippen LogP contribution < -0.4 is 5.32 Å². The molecular formula is C31H41N3O2. The van der Waals surface area contributed by atoms with Gasteiger partial charge in [0, 0.05) is 44.2 Å². The van der Waals surface area contributed by atoms with E-state index in [2.05, 4.69) is 72.3 Å². The summed E-state index contributed by atoms with van der Waals surface area (Å²) < 4.78 is 0. The molecule has 2 aromatic carbocycles. The molecule has 3 aliphatic rings. The number of fused-ring (bicyclic) bond motifs is 1. The molecule has 2 amide bonds. The summed E-state index contributed by atoms with van der Waals surface area (Å²) in [6.07, 6.45) is 5.33. The fourth-order valence-electron chi connectivity index (χ4n) is 6.91. The zero-order chi connectivity index (χ0) is 25.2. The first-order chi connectivity index (χ1) is 17.4. The first-order valence-electron chi connectivity index (χ1n) is 13.8. The molecule has 0 spiro atoms. The summed E-state index contributed by atoms with van der Waals surface area (Å²) in [5.74, 6) is 1.71. The van der Waals surface area contributed by atoms with Crippen LogP contribution in [0.2, 0.25) is 0 Å². The number of carbonyl (C=O) groups is 2. The average molecular weight is 488 g/mol. The number of nitrogens with zero attached hydrogens (tertiary/aromatic N) is 2. The summed E-state index contributed by atoms with van der Waals surface area (Å²) in [6, 6.07) is 14.7. The molecule has 36 heavy (non-hydrogen) atoms. The highest BCUT2D eigenvalue weighted by atomic mass is 16.2. The Hall–Kier alpha value is -2.66. The zero-order valence-electron chi connectivity index (χ0n) is 22.1. The summed E-state index contributed by atoms with van der Waals surface area (Å²) in [7, 11) is 0. The van der Waals surface area contributed by atoms with Crippen LogP contribution >= 0.6 is 0 Å². The fraction of sp³-hybridized carbons (Fsp3) is 0.548. The van der Waals surface area contributed by atoms with Crippen LogP contribution in [0, 0.1) is 38.5 Å². The van der Waals surface area contributed by atoms with Crippen molar-refractivity contribution in [1.82, 2.24) is 15.1 Å². The number of benzene rings is 2. The molecule has 1 saturated carbocycles. The quantitative estimate of drug-likeness (QED) is 0.594. The maximum absolute atomic E-state index is 13.4. The summed E-state index contributed by atoms with van der Waals surface area (Å²) >= 11 is 0. The van der Waals surface area contributed by atoms with Gasteiger partial charge in [-0.05, 0) is 68.6 Å². The molecule has 1 aliphatic carbocycles. The second-order valence-electron chi connectivity index (χ2n) is 11.5. The van der Waals surface area contributed by atoms with E-state index in [0.29, 0.717) is 11.8 Å². The van der Waals surface area contributed by atoms with Gasteiger partial charge in [0.25, 0.3) is 5.91 Å². The van der Waals surface area contributed by atoms with Gasteiger partial charge in [0.1, 0.15) is 0 Å². The largest absolute Gasteiger partial charge is 0.349 e. The highest BCUT2D eigenvalue weighted by molar-refractivity contribution is 5.97. The molecule has 2 unspecified atom stereocenters. The minimum Gasteiger partial charge on any atom is -0.349 e. The van der Waals surface area contributed by atoms with Crippen molar-refractivity contribution in [1.29, 1.82) is 0 Å². The Morgan fingerprint density at radius 3 is 2.14 bits per heavy atom. The number of nitrogens with one attached hydrogen (secondary N) is 1. The van der Waals surface area contributed by atoms with E-state index in [1.165, 1.54) is 24.0 Å². The first kappa shape index (κ1) is 25.0. The van der Waals surface area contributed by atoms with Gasteiger partial charge in [-0.25, -0.2) is 0 Å².